The predicted octanol–water partition coefficient (Wildman–Crippen LogP) is 3.00. The summed E-state index contributed by atoms with van der Waals surface area (Å²) < 4.78 is 1.03. The molecule has 1 aromatic carbocycles. The quantitative estimate of drug-likeness (QED) is 0.901. The maximum Gasteiger partial charge on any atom is 0.244 e. The van der Waals surface area contributed by atoms with Crippen molar-refractivity contribution >= 4 is 27.5 Å². The lowest BCUT2D eigenvalue weighted by atomic mass is 10.0. The molecule has 3 nitrogen and oxygen atoms in total. The highest BCUT2D eigenvalue weighted by Crippen LogP contribution is 2.25. The number of nitrogens with one attached hydrogen (secondary N) is 2. The Morgan fingerprint density at radius 2 is 1.71 bits per heavy atom. The fourth-order valence-corrected chi connectivity index (χ4v) is 2.18. The van der Waals surface area contributed by atoms with E-state index < -0.39 is 5.54 Å². The molecule has 0 aromatic heterocycles. The molecule has 0 heterocycles. The van der Waals surface area contributed by atoms with Crippen LogP contribution in [0, 0.1) is 13.8 Å². The number of anilines is 1. The Morgan fingerprint density at radius 3 is 2.12 bits per heavy atom. The predicted molar refractivity (Wildman–Crippen MR) is 75.4 cm³/mol. The van der Waals surface area contributed by atoms with Gasteiger partial charge in [-0.05, 0) is 58.0 Å². The van der Waals surface area contributed by atoms with Crippen LogP contribution in [0.5, 0.6) is 0 Å². The summed E-state index contributed by atoms with van der Waals surface area (Å²) in [4.78, 5) is 12.1. The number of hydrogen-bond donors (Lipinski definition) is 2. The van der Waals surface area contributed by atoms with E-state index in [0.717, 1.165) is 21.3 Å². The SMILES string of the molecule is CNC(C)(C)C(=O)Nc1c(C)cc(Br)cc1C. The summed E-state index contributed by atoms with van der Waals surface area (Å²) in [6, 6.07) is 3.99. The van der Waals surface area contributed by atoms with Gasteiger partial charge >= 0.3 is 0 Å². The van der Waals surface area contributed by atoms with Gasteiger partial charge < -0.3 is 10.6 Å². The average molecular weight is 299 g/mol. The van der Waals surface area contributed by atoms with Gasteiger partial charge in [-0.1, -0.05) is 15.9 Å². The molecule has 0 unspecified atom stereocenters. The standard InChI is InChI=1S/C13H19BrN2O/c1-8-6-10(14)7-9(2)11(8)16-12(17)13(3,4)15-5/h6-7,15H,1-5H3,(H,16,17). The van der Waals surface area contributed by atoms with Gasteiger partial charge in [0.2, 0.25) is 5.91 Å². The molecule has 1 amide bonds. The molecule has 0 saturated carbocycles. The molecule has 0 spiro atoms. The van der Waals surface area contributed by atoms with Crippen LogP contribution in [0.2, 0.25) is 0 Å². The third-order valence-corrected chi connectivity index (χ3v) is 3.39. The molecule has 0 aliphatic rings. The van der Waals surface area contributed by atoms with Gasteiger partial charge in [-0.2, -0.15) is 0 Å². The molecule has 94 valence electrons. The number of likely N-dealkylation sites (N-methyl/N-ethyl adjacent to an activating group) is 1. The Bertz CT molecular complexity index is 418. The van der Waals surface area contributed by atoms with Gasteiger partial charge in [-0.3, -0.25) is 4.79 Å². The van der Waals surface area contributed by atoms with E-state index in [1.807, 2.05) is 39.8 Å². The molecule has 1 rings (SSSR count). The third-order valence-electron chi connectivity index (χ3n) is 2.93. The Kier molecular flexibility index (Phi) is 4.33. The molecule has 17 heavy (non-hydrogen) atoms. The molecule has 0 saturated heterocycles. The molecule has 2 N–H and O–H groups in total. The smallest absolute Gasteiger partial charge is 0.244 e. The van der Waals surface area contributed by atoms with Crippen LogP contribution >= 0.6 is 15.9 Å². The van der Waals surface area contributed by atoms with E-state index in [-0.39, 0.29) is 5.91 Å². The average Bonchev–Trinajstić information content (AvgIpc) is 2.22. The van der Waals surface area contributed by atoms with Crippen LogP contribution in [0.25, 0.3) is 0 Å². The maximum absolute atomic E-state index is 12.1. The van der Waals surface area contributed by atoms with Crippen LogP contribution in [0.15, 0.2) is 16.6 Å². The molecule has 0 aliphatic heterocycles. The highest BCUT2D eigenvalue weighted by molar-refractivity contribution is 9.10. The topological polar surface area (TPSA) is 41.1 Å². The van der Waals surface area contributed by atoms with E-state index in [0.29, 0.717) is 0 Å². The van der Waals surface area contributed by atoms with Gasteiger partial charge in [-0.25, -0.2) is 0 Å². The Morgan fingerprint density at radius 1 is 1.24 bits per heavy atom. The van der Waals surface area contributed by atoms with Crippen molar-refractivity contribution in [3.63, 3.8) is 0 Å². The fourth-order valence-electron chi connectivity index (χ4n) is 1.49. The summed E-state index contributed by atoms with van der Waals surface area (Å²) in [5.41, 5.74) is 2.42. The number of carbonyl (C=O) groups excluding carboxylic acids is 1. The first kappa shape index (κ1) is 14.2. The minimum Gasteiger partial charge on any atom is -0.324 e. The van der Waals surface area contributed by atoms with Gasteiger partial charge in [0, 0.05) is 10.2 Å². The molecule has 4 heteroatoms. The van der Waals surface area contributed by atoms with E-state index >= 15 is 0 Å². The van der Waals surface area contributed by atoms with Crippen LogP contribution in [0.3, 0.4) is 0 Å². The molecule has 0 bridgehead atoms. The second kappa shape index (κ2) is 5.19. The summed E-state index contributed by atoms with van der Waals surface area (Å²) in [7, 11) is 1.78. The zero-order valence-electron chi connectivity index (χ0n) is 10.9. The summed E-state index contributed by atoms with van der Waals surface area (Å²) in [5.74, 6) is -0.0338. The lowest BCUT2D eigenvalue weighted by Gasteiger charge is -2.24. The molecular formula is C13H19BrN2O. The Hall–Kier alpha value is -0.870. The van der Waals surface area contributed by atoms with E-state index in [1.54, 1.807) is 7.05 Å². The van der Waals surface area contributed by atoms with Crippen molar-refractivity contribution in [2.24, 2.45) is 0 Å². The number of rotatable bonds is 3. The number of hydrogen-bond acceptors (Lipinski definition) is 2. The zero-order valence-corrected chi connectivity index (χ0v) is 12.5. The fraction of sp³-hybridized carbons (Fsp3) is 0.462. The summed E-state index contributed by atoms with van der Waals surface area (Å²) in [6.45, 7) is 7.68. The maximum atomic E-state index is 12.1. The minimum atomic E-state index is -0.577. The van der Waals surface area contributed by atoms with Gasteiger partial charge in [0.1, 0.15) is 0 Å². The second-order valence-electron chi connectivity index (χ2n) is 4.74. The van der Waals surface area contributed by atoms with Crippen molar-refractivity contribution in [3.8, 4) is 0 Å². The van der Waals surface area contributed by atoms with Crippen molar-refractivity contribution in [2.75, 3.05) is 12.4 Å². The lowest BCUT2D eigenvalue weighted by Crippen LogP contribution is -2.48. The summed E-state index contributed by atoms with van der Waals surface area (Å²) in [6.07, 6.45) is 0. The van der Waals surface area contributed by atoms with Crippen molar-refractivity contribution in [2.45, 2.75) is 33.2 Å². The van der Waals surface area contributed by atoms with Gasteiger partial charge in [-0.15, -0.1) is 0 Å². The van der Waals surface area contributed by atoms with E-state index in [1.165, 1.54) is 0 Å². The number of aryl methyl sites for hydroxylation is 2. The monoisotopic (exact) mass is 298 g/mol. The number of benzene rings is 1. The molecule has 0 aliphatic carbocycles. The normalized spacial score (nSPS) is 11.4. The molecule has 1 aromatic rings. The highest BCUT2D eigenvalue weighted by Gasteiger charge is 2.25. The van der Waals surface area contributed by atoms with E-state index in [2.05, 4.69) is 26.6 Å². The Labute approximate surface area is 111 Å². The molecule has 0 radical (unpaired) electrons. The first-order valence-corrected chi connectivity index (χ1v) is 6.34. The summed E-state index contributed by atoms with van der Waals surface area (Å²) >= 11 is 3.44. The zero-order chi connectivity index (χ0) is 13.2. The minimum absolute atomic E-state index is 0.0338. The van der Waals surface area contributed by atoms with Crippen molar-refractivity contribution < 1.29 is 4.79 Å². The lowest BCUT2D eigenvalue weighted by molar-refractivity contribution is -0.121. The van der Waals surface area contributed by atoms with E-state index in [9.17, 15) is 4.79 Å². The molecular weight excluding hydrogens is 280 g/mol. The van der Waals surface area contributed by atoms with Crippen molar-refractivity contribution in [1.29, 1.82) is 0 Å². The van der Waals surface area contributed by atoms with Crippen LogP contribution < -0.4 is 10.6 Å². The van der Waals surface area contributed by atoms with Crippen LogP contribution in [0.1, 0.15) is 25.0 Å². The van der Waals surface area contributed by atoms with Gasteiger partial charge in [0.05, 0.1) is 5.54 Å². The largest absolute Gasteiger partial charge is 0.324 e. The highest BCUT2D eigenvalue weighted by atomic mass is 79.9. The summed E-state index contributed by atoms with van der Waals surface area (Å²) in [5, 5.41) is 5.96. The molecule has 0 fully saturated rings. The number of amides is 1. The second-order valence-corrected chi connectivity index (χ2v) is 5.66. The third kappa shape index (κ3) is 3.30. The first-order valence-electron chi connectivity index (χ1n) is 5.55. The van der Waals surface area contributed by atoms with E-state index in [4.69, 9.17) is 0 Å². The Balaban J connectivity index is 3.01. The van der Waals surface area contributed by atoms with Crippen molar-refractivity contribution in [3.05, 3.63) is 27.7 Å². The molecule has 0 atom stereocenters. The first-order chi connectivity index (χ1) is 7.77. The van der Waals surface area contributed by atoms with Crippen molar-refractivity contribution in [1.82, 2.24) is 5.32 Å². The van der Waals surface area contributed by atoms with Gasteiger partial charge in [0.25, 0.3) is 0 Å². The van der Waals surface area contributed by atoms with Crippen LogP contribution in [-0.2, 0) is 4.79 Å². The van der Waals surface area contributed by atoms with Gasteiger partial charge in [0.15, 0.2) is 0 Å². The number of carbonyl (C=O) groups is 1. The number of halogens is 1. The van der Waals surface area contributed by atoms with Crippen LogP contribution in [0.4, 0.5) is 5.69 Å². The van der Waals surface area contributed by atoms with Crippen LogP contribution in [-0.4, -0.2) is 18.5 Å².